The van der Waals surface area contributed by atoms with E-state index in [1.165, 1.54) is 12.1 Å². The second-order valence-electron chi connectivity index (χ2n) is 9.13. The topological polar surface area (TPSA) is 63.7 Å². The first-order valence-corrected chi connectivity index (χ1v) is 12.8. The standard InChI is InChI=1S/C23H25FINO4S/c1-22(2,3)30-21(27)26-13-12-23(31(28,29)18-8-5-16(24)6-9-18)19-10-7-17(25)14-15(19)4-11-20(23)26/h5-10,14,20H,4,11-13H2,1-3H3/t20-,23-/m1/s1. The first kappa shape index (κ1) is 22.5. The maximum Gasteiger partial charge on any atom is 0.410 e. The van der Waals surface area contributed by atoms with Crippen LogP contribution in [0.25, 0.3) is 0 Å². The molecule has 0 saturated carbocycles. The van der Waals surface area contributed by atoms with E-state index in [1.807, 2.05) is 18.2 Å². The van der Waals surface area contributed by atoms with Crippen LogP contribution >= 0.6 is 22.6 Å². The zero-order chi connectivity index (χ0) is 22.6. The van der Waals surface area contributed by atoms with Gasteiger partial charge in [-0.2, -0.15) is 0 Å². The highest BCUT2D eigenvalue weighted by molar-refractivity contribution is 14.1. The lowest BCUT2D eigenvalue weighted by Gasteiger charge is -2.42. The molecular weight excluding hydrogens is 532 g/mol. The van der Waals surface area contributed by atoms with Crippen LogP contribution in [0.2, 0.25) is 0 Å². The fraction of sp³-hybridized carbons (Fsp3) is 0.435. The predicted octanol–water partition coefficient (Wildman–Crippen LogP) is 5.06. The van der Waals surface area contributed by atoms with Crippen LogP contribution in [0, 0.1) is 9.39 Å². The van der Waals surface area contributed by atoms with E-state index in [9.17, 15) is 17.6 Å². The zero-order valence-corrected chi connectivity index (χ0v) is 20.7. The summed E-state index contributed by atoms with van der Waals surface area (Å²) in [6.07, 6.45) is 0.969. The van der Waals surface area contributed by atoms with Crippen LogP contribution in [-0.4, -0.2) is 37.6 Å². The molecule has 1 aliphatic carbocycles. The Bertz CT molecular complexity index is 1130. The van der Waals surface area contributed by atoms with Crippen molar-refractivity contribution in [1.29, 1.82) is 0 Å². The van der Waals surface area contributed by atoms with Crippen LogP contribution in [0.3, 0.4) is 0 Å². The Morgan fingerprint density at radius 2 is 1.87 bits per heavy atom. The van der Waals surface area contributed by atoms with E-state index >= 15 is 0 Å². The van der Waals surface area contributed by atoms with Gasteiger partial charge in [-0.3, -0.25) is 0 Å². The normalized spacial score (nSPS) is 23.3. The van der Waals surface area contributed by atoms with Gasteiger partial charge in [0.15, 0.2) is 9.84 Å². The average Bonchev–Trinajstić information content (AvgIpc) is 3.08. The molecule has 2 aromatic carbocycles. The van der Waals surface area contributed by atoms with E-state index in [-0.39, 0.29) is 17.9 Å². The molecule has 8 heteroatoms. The minimum atomic E-state index is -3.93. The average molecular weight is 557 g/mol. The third-order valence-electron chi connectivity index (χ3n) is 6.08. The van der Waals surface area contributed by atoms with E-state index in [0.717, 1.165) is 26.8 Å². The van der Waals surface area contributed by atoms with Crippen LogP contribution in [-0.2, 0) is 25.7 Å². The largest absolute Gasteiger partial charge is 0.444 e. The van der Waals surface area contributed by atoms with Gasteiger partial charge in [-0.25, -0.2) is 17.6 Å². The predicted molar refractivity (Wildman–Crippen MR) is 124 cm³/mol. The van der Waals surface area contributed by atoms with Crippen LogP contribution < -0.4 is 0 Å². The summed E-state index contributed by atoms with van der Waals surface area (Å²) in [5, 5.41) is 0. The van der Waals surface area contributed by atoms with Crippen molar-refractivity contribution in [3.05, 3.63) is 63.0 Å². The first-order chi connectivity index (χ1) is 14.5. The second-order valence-corrected chi connectivity index (χ2v) is 12.6. The van der Waals surface area contributed by atoms with Crippen molar-refractivity contribution in [2.45, 2.75) is 61.3 Å². The summed E-state index contributed by atoms with van der Waals surface area (Å²) >= 11 is 2.22. The summed E-state index contributed by atoms with van der Waals surface area (Å²) in [4.78, 5) is 14.6. The molecule has 0 aromatic heterocycles. The number of benzene rings is 2. The number of sulfone groups is 1. The van der Waals surface area contributed by atoms with Crippen molar-refractivity contribution >= 4 is 38.5 Å². The Hall–Kier alpha value is -1.68. The second kappa shape index (κ2) is 7.72. The third-order valence-corrected chi connectivity index (χ3v) is 9.30. The van der Waals surface area contributed by atoms with Crippen molar-refractivity contribution in [1.82, 2.24) is 4.90 Å². The lowest BCUT2D eigenvalue weighted by molar-refractivity contribution is 0.0202. The number of carbonyl (C=O) groups is 1. The molecule has 2 aliphatic rings. The monoisotopic (exact) mass is 557 g/mol. The summed E-state index contributed by atoms with van der Waals surface area (Å²) in [6.45, 7) is 5.66. The van der Waals surface area contributed by atoms with Crippen molar-refractivity contribution in [2.75, 3.05) is 6.54 Å². The van der Waals surface area contributed by atoms with E-state index in [1.54, 1.807) is 25.7 Å². The van der Waals surface area contributed by atoms with E-state index in [2.05, 4.69) is 22.6 Å². The van der Waals surface area contributed by atoms with Crippen LogP contribution in [0.4, 0.5) is 9.18 Å². The quantitative estimate of drug-likeness (QED) is 0.383. The number of carbonyl (C=O) groups excluding carboxylic acids is 1. The SMILES string of the molecule is CC(C)(C)OC(=O)N1CC[C@@]2(S(=O)(=O)c3ccc(F)cc3)c3ccc(I)cc3CC[C@@H]12. The molecule has 31 heavy (non-hydrogen) atoms. The number of aryl methyl sites for hydroxylation is 1. The Labute approximate surface area is 196 Å². The fourth-order valence-corrected chi connectivity index (χ4v) is 7.78. The highest BCUT2D eigenvalue weighted by atomic mass is 127. The minimum absolute atomic E-state index is 0.0661. The number of rotatable bonds is 2. The van der Waals surface area contributed by atoms with Gasteiger partial charge < -0.3 is 9.64 Å². The van der Waals surface area contributed by atoms with E-state index < -0.39 is 38.1 Å². The highest BCUT2D eigenvalue weighted by Crippen LogP contribution is 2.53. The summed E-state index contributed by atoms with van der Waals surface area (Å²) in [5.41, 5.74) is 1.04. The number of halogens is 2. The van der Waals surface area contributed by atoms with E-state index in [4.69, 9.17) is 4.74 Å². The van der Waals surface area contributed by atoms with Gasteiger partial charge in [0.25, 0.3) is 0 Å². The molecule has 4 rings (SSSR count). The van der Waals surface area contributed by atoms with Crippen LogP contribution in [0.15, 0.2) is 47.4 Å². The summed E-state index contributed by atoms with van der Waals surface area (Å²) in [5.74, 6) is -0.492. The summed E-state index contributed by atoms with van der Waals surface area (Å²) in [7, 11) is -3.93. The smallest absolute Gasteiger partial charge is 0.410 e. The molecule has 166 valence electrons. The summed E-state index contributed by atoms with van der Waals surface area (Å²) in [6, 6.07) is 10.2. The number of nitrogens with zero attached hydrogens (tertiary/aromatic N) is 1. The molecule has 1 amide bonds. The Morgan fingerprint density at radius 3 is 2.52 bits per heavy atom. The molecule has 1 aliphatic heterocycles. The van der Waals surface area contributed by atoms with Crippen molar-refractivity contribution in [2.24, 2.45) is 0 Å². The maximum atomic E-state index is 14.1. The molecule has 0 unspecified atom stereocenters. The number of amides is 1. The molecule has 0 spiro atoms. The zero-order valence-electron chi connectivity index (χ0n) is 17.7. The Morgan fingerprint density at radius 1 is 1.19 bits per heavy atom. The fourth-order valence-electron chi connectivity index (χ4n) is 4.86. The van der Waals surface area contributed by atoms with Gasteiger partial charge in [0, 0.05) is 10.1 Å². The van der Waals surface area contributed by atoms with Gasteiger partial charge >= 0.3 is 6.09 Å². The molecule has 2 aromatic rings. The van der Waals surface area contributed by atoms with E-state index in [0.29, 0.717) is 12.8 Å². The molecule has 1 fully saturated rings. The number of fused-ring (bicyclic) bond motifs is 3. The maximum absolute atomic E-state index is 14.1. The Balaban J connectivity index is 1.88. The molecule has 1 heterocycles. The number of hydrogen-bond acceptors (Lipinski definition) is 4. The van der Waals surface area contributed by atoms with Gasteiger partial charge in [0.2, 0.25) is 0 Å². The molecule has 2 atom stereocenters. The van der Waals surface area contributed by atoms with Gasteiger partial charge in [-0.15, -0.1) is 0 Å². The number of hydrogen-bond donors (Lipinski definition) is 0. The van der Waals surface area contributed by atoms with Gasteiger partial charge in [0.05, 0.1) is 10.9 Å². The van der Waals surface area contributed by atoms with Crippen molar-refractivity contribution in [3.63, 3.8) is 0 Å². The lowest BCUT2D eigenvalue weighted by atomic mass is 9.78. The lowest BCUT2D eigenvalue weighted by Crippen LogP contribution is -2.52. The minimum Gasteiger partial charge on any atom is -0.444 e. The van der Waals surface area contributed by atoms with Gasteiger partial charge in [-0.05, 0) is 110 Å². The van der Waals surface area contributed by atoms with Gasteiger partial charge in [-0.1, -0.05) is 6.07 Å². The Kier molecular flexibility index (Phi) is 5.61. The molecule has 0 bridgehead atoms. The number of ether oxygens (including phenoxy) is 1. The highest BCUT2D eigenvalue weighted by Gasteiger charge is 2.61. The molecular formula is C23H25FINO4S. The van der Waals surface area contributed by atoms with Crippen LogP contribution in [0.1, 0.15) is 44.7 Å². The summed E-state index contributed by atoms with van der Waals surface area (Å²) < 4.78 is 47.1. The molecule has 0 N–H and O–H groups in total. The molecule has 5 nitrogen and oxygen atoms in total. The molecule has 0 radical (unpaired) electrons. The number of likely N-dealkylation sites (tertiary alicyclic amines) is 1. The first-order valence-electron chi connectivity index (χ1n) is 10.2. The van der Waals surface area contributed by atoms with Crippen molar-refractivity contribution in [3.8, 4) is 0 Å². The third kappa shape index (κ3) is 3.75. The van der Waals surface area contributed by atoms with Crippen molar-refractivity contribution < 1.29 is 22.3 Å². The van der Waals surface area contributed by atoms with Gasteiger partial charge in [0.1, 0.15) is 16.2 Å². The van der Waals surface area contributed by atoms with Crippen LogP contribution in [0.5, 0.6) is 0 Å². The molecule has 1 saturated heterocycles.